The Labute approximate surface area is 136 Å². The van der Waals surface area contributed by atoms with Crippen LogP contribution in [-0.4, -0.2) is 47.4 Å². The lowest BCUT2D eigenvalue weighted by Crippen LogP contribution is -2.23. The number of imide groups is 1. The minimum Gasteiger partial charge on any atom is -0.493 e. The predicted octanol–water partition coefficient (Wildman–Crippen LogP) is 2.21. The van der Waals surface area contributed by atoms with Crippen molar-refractivity contribution in [3.05, 3.63) is 28.7 Å². The van der Waals surface area contributed by atoms with Gasteiger partial charge in [0, 0.05) is 12.6 Å². The Morgan fingerprint density at radius 3 is 2.61 bits per heavy atom. The molecule has 2 rings (SSSR count). The average molecular weight is 337 g/mol. The molecule has 0 aromatic heterocycles. The molecule has 0 saturated carbocycles. The van der Waals surface area contributed by atoms with E-state index in [-0.39, 0.29) is 15.9 Å². The van der Waals surface area contributed by atoms with E-state index in [1.54, 1.807) is 18.2 Å². The maximum atomic E-state index is 12.0. The molecule has 23 heavy (non-hydrogen) atoms. The number of carboxylic acids is 1. The van der Waals surface area contributed by atoms with Gasteiger partial charge in [0.05, 0.1) is 12.0 Å². The van der Waals surface area contributed by atoms with Crippen LogP contribution < -0.4 is 9.47 Å². The van der Waals surface area contributed by atoms with E-state index in [9.17, 15) is 14.4 Å². The van der Waals surface area contributed by atoms with Crippen LogP contribution in [0.4, 0.5) is 4.79 Å². The quantitative estimate of drug-likeness (QED) is 0.823. The third-order valence-electron chi connectivity index (χ3n) is 3.14. The van der Waals surface area contributed by atoms with E-state index in [2.05, 4.69) is 0 Å². The normalized spacial score (nSPS) is 17.5. The number of hydrogen-bond acceptors (Lipinski definition) is 6. The maximum absolute atomic E-state index is 12.0. The number of carboxylic acid groups (broad SMARTS) is 1. The van der Waals surface area contributed by atoms with Gasteiger partial charge in [-0.1, -0.05) is 12.1 Å². The number of aliphatic carboxylic acids is 1. The van der Waals surface area contributed by atoms with Gasteiger partial charge in [-0.25, -0.2) is 4.79 Å². The van der Waals surface area contributed by atoms with Gasteiger partial charge in [-0.15, -0.1) is 0 Å². The molecule has 1 atom stereocenters. The lowest BCUT2D eigenvalue weighted by Gasteiger charge is -2.16. The number of para-hydroxylation sites is 1. The summed E-state index contributed by atoms with van der Waals surface area (Å²) in [5.41, 5.74) is 0.455. The van der Waals surface area contributed by atoms with Crippen molar-refractivity contribution in [1.29, 1.82) is 0 Å². The van der Waals surface area contributed by atoms with Crippen LogP contribution in [0.25, 0.3) is 6.08 Å². The van der Waals surface area contributed by atoms with Crippen molar-refractivity contribution < 1.29 is 29.0 Å². The van der Waals surface area contributed by atoms with E-state index in [4.69, 9.17) is 14.6 Å². The molecule has 1 aliphatic heterocycles. The first-order chi connectivity index (χ1) is 10.8. The van der Waals surface area contributed by atoms with Crippen LogP contribution in [0.3, 0.4) is 0 Å². The number of hydrogen-bond donors (Lipinski definition) is 1. The first-order valence-electron chi connectivity index (χ1n) is 6.63. The van der Waals surface area contributed by atoms with Crippen molar-refractivity contribution >= 4 is 35.0 Å². The van der Waals surface area contributed by atoms with E-state index in [1.807, 2.05) is 0 Å². The van der Waals surface area contributed by atoms with Crippen LogP contribution in [-0.2, 0) is 9.59 Å². The van der Waals surface area contributed by atoms with E-state index < -0.39 is 18.0 Å². The molecule has 1 fully saturated rings. The third-order valence-corrected chi connectivity index (χ3v) is 4.11. The zero-order valence-corrected chi connectivity index (χ0v) is 13.5. The van der Waals surface area contributed by atoms with Crippen molar-refractivity contribution in [3.8, 4) is 11.5 Å². The summed E-state index contributed by atoms with van der Waals surface area (Å²) in [5, 5.41) is 8.63. The van der Waals surface area contributed by atoms with Crippen molar-refractivity contribution in [2.45, 2.75) is 13.0 Å². The highest BCUT2D eigenvalue weighted by atomic mass is 32.2. The van der Waals surface area contributed by atoms with Crippen LogP contribution in [0.15, 0.2) is 23.1 Å². The average Bonchev–Trinajstić information content (AvgIpc) is 2.75. The highest BCUT2D eigenvalue weighted by molar-refractivity contribution is 8.18. The topological polar surface area (TPSA) is 93.1 Å². The molecule has 8 heteroatoms. The molecule has 2 amide bonds. The first-order valence-corrected chi connectivity index (χ1v) is 7.44. The smallest absolute Gasteiger partial charge is 0.344 e. The van der Waals surface area contributed by atoms with Crippen LogP contribution >= 0.6 is 11.8 Å². The Morgan fingerprint density at radius 1 is 1.39 bits per heavy atom. The number of benzene rings is 1. The zero-order chi connectivity index (χ0) is 17.1. The minimum absolute atomic E-state index is 0.202. The molecule has 1 N–H and O–H groups in total. The van der Waals surface area contributed by atoms with Gasteiger partial charge in [-0.2, -0.15) is 0 Å². The second kappa shape index (κ2) is 6.74. The predicted molar refractivity (Wildman–Crippen MR) is 84.5 cm³/mol. The number of ether oxygens (including phenoxy) is 2. The Hall–Kier alpha value is -2.48. The molecule has 0 aliphatic carbocycles. The molecule has 1 aromatic carbocycles. The largest absolute Gasteiger partial charge is 0.493 e. The summed E-state index contributed by atoms with van der Waals surface area (Å²) in [6, 6.07) is 4.95. The number of carbonyl (C=O) groups excluding carboxylic acids is 2. The fourth-order valence-electron chi connectivity index (χ4n) is 1.85. The van der Waals surface area contributed by atoms with Crippen LogP contribution in [0.5, 0.6) is 11.5 Å². The summed E-state index contributed by atoms with van der Waals surface area (Å²) in [7, 11) is 2.82. The van der Waals surface area contributed by atoms with E-state index in [1.165, 1.54) is 27.2 Å². The fourth-order valence-corrected chi connectivity index (χ4v) is 2.67. The van der Waals surface area contributed by atoms with Gasteiger partial charge in [0.2, 0.25) is 0 Å². The number of thioether (sulfide) groups is 1. The monoisotopic (exact) mass is 337 g/mol. The molecule has 1 heterocycles. The molecular formula is C15H15NO6S. The van der Waals surface area contributed by atoms with Crippen molar-refractivity contribution in [2.24, 2.45) is 0 Å². The lowest BCUT2D eigenvalue weighted by molar-refractivity contribution is -0.144. The van der Waals surface area contributed by atoms with Gasteiger partial charge >= 0.3 is 5.97 Å². The number of rotatable bonds is 5. The van der Waals surface area contributed by atoms with Crippen LogP contribution in [0.2, 0.25) is 0 Å². The fraction of sp³-hybridized carbons (Fsp3) is 0.267. The van der Waals surface area contributed by atoms with E-state index in [0.717, 1.165) is 16.7 Å². The summed E-state index contributed by atoms with van der Waals surface area (Å²) in [5.74, 6) is -1.01. The third kappa shape index (κ3) is 3.48. The van der Waals surface area contributed by atoms with Crippen molar-refractivity contribution in [3.63, 3.8) is 0 Å². The summed E-state index contributed by atoms with van der Waals surface area (Å²) in [4.78, 5) is 35.8. The van der Waals surface area contributed by atoms with Gasteiger partial charge in [-0.05, 0) is 30.8 Å². The Bertz CT molecular complexity index is 699. The standard InChI is InChI=1S/C15H15NO6S/c1-8(14(18)19)22-12-9(5-4-6-10(12)21-3)7-11-13(17)16(2)15(20)23-11/h4-8H,1-3H3,(H,18,19). The molecule has 1 aromatic rings. The second-order valence-corrected chi connectivity index (χ2v) is 5.71. The van der Waals surface area contributed by atoms with Gasteiger partial charge in [-0.3, -0.25) is 14.5 Å². The van der Waals surface area contributed by atoms with Crippen molar-refractivity contribution in [1.82, 2.24) is 4.90 Å². The summed E-state index contributed by atoms with van der Waals surface area (Å²) in [6.07, 6.45) is 0.389. The number of carbonyl (C=O) groups is 3. The molecule has 0 bridgehead atoms. The molecule has 122 valence electrons. The summed E-state index contributed by atoms with van der Waals surface area (Å²) >= 11 is 0.810. The number of methoxy groups -OCH3 is 1. The lowest BCUT2D eigenvalue weighted by atomic mass is 10.1. The Kier molecular flexibility index (Phi) is 4.95. The molecule has 0 radical (unpaired) electrons. The minimum atomic E-state index is -1.13. The molecular weight excluding hydrogens is 322 g/mol. The number of nitrogens with zero attached hydrogens (tertiary/aromatic N) is 1. The molecule has 0 spiro atoms. The summed E-state index contributed by atoms with van der Waals surface area (Å²) < 4.78 is 10.6. The number of likely N-dealkylation sites (N-methyl/N-ethyl adjacent to an activating group) is 1. The Morgan fingerprint density at radius 2 is 2.09 bits per heavy atom. The van der Waals surface area contributed by atoms with E-state index in [0.29, 0.717) is 11.3 Å². The summed E-state index contributed by atoms with van der Waals surface area (Å²) in [6.45, 7) is 1.39. The van der Waals surface area contributed by atoms with Crippen LogP contribution in [0.1, 0.15) is 12.5 Å². The Balaban J connectivity index is 2.44. The van der Waals surface area contributed by atoms with Crippen LogP contribution in [0, 0.1) is 0 Å². The SMILES string of the molecule is COc1cccc(C=C2SC(=O)N(C)C2=O)c1OC(C)C(=O)O. The molecule has 1 saturated heterocycles. The van der Waals surface area contributed by atoms with Gasteiger partial charge in [0.25, 0.3) is 11.1 Å². The first kappa shape index (κ1) is 16.9. The zero-order valence-electron chi connectivity index (χ0n) is 12.7. The molecule has 1 unspecified atom stereocenters. The molecule has 1 aliphatic rings. The molecule has 7 nitrogen and oxygen atoms in total. The highest BCUT2D eigenvalue weighted by Gasteiger charge is 2.32. The maximum Gasteiger partial charge on any atom is 0.344 e. The second-order valence-electron chi connectivity index (χ2n) is 4.72. The van der Waals surface area contributed by atoms with Gasteiger partial charge in [0.1, 0.15) is 0 Å². The van der Waals surface area contributed by atoms with Crippen molar-refractivity contribution in [2.75, 3.05) is 14.2 Å². The number of amides is 2. The van der Waals surface area contributed by atoms with Gasteiger partial charge < -0.3 is 14.6 Å². The highest BCUT2D eigenvalue weighted by Crippen LogP contribution is 2.37. The van der Waals surface area contributed by atoms with E-state index >= 15 is 0 Å². The van der Waals surface area contributed by atoms with Gasteiger partial charge in [0.15, 0.2) is 17.6 Å².